The Hall–Kier alpha value is -3.91. The number of carbonyl (C=O) groups excluding carboxylic acids is 1. The van der Waals surface area contributed by atoms with Crippen LogP contribution in [0.4, 0.5) is 5.82 Å². The highest BCUT2D eigenvalue weighted by Crippen LogP contribution is 2.35. The number of anilines is 1. The quantitative estimate of drug-likeness (QED) is 0.347. The molecule has 4 aromatic rings. The largest absolute Gasteiger partial charge is 0.357 e. The topological polar surface area (TPSA) is 76.3 Å². The smallest absolute Gasteiger partial charge is 0.355 e. The predicted molar refractivity (Wildman–Crippen MR) is 152 cm³/mol. The highest BCUT2D eigenvalue weighted by molar-refractivity contribution is 6.33. The van der Waals surface area contributed by atoms with Crippen LogP contribution >= 0.6 is 11.6 Å². The zero-order valence-corrected chi connectivity index (χ0v) is 22.8. The van der Waals surface area contributed by atoms with Crippen molar-refractivity contribution in [2.24, 2.45) is 7.05 Å². The highest BCUT2D eigenvalue weighted by Gasteiger charge is 2.30. The number of benzene rings is 1. The molecular weight excluding hydrogens is 500 g/mol. The molecule has 1 aromatic carbocycles. The Morgan fingerprint density at radius 2 is 1.95 bits per heavy atom. The minimum atomic E-state index is -0.411. The van der Waals surface area contributed by atoms with Gasteiger partial charge in [0.15, 0.2) is 5.65 Å². The summed E-state index contributed by atoms with van der Waals surface area (Å²) in [6.45, 7) is 11.3. The molecule has 5 rings (SSSR count). The Morgan fingerprint density at radius 1 is 1.18 bits per heavy atom. The van der Waals surface area contributed by atoms with Gasteiger partial charge in [-0.15, -0.1) is 0 Å². The number of para-hydroxylation sites is 1. The first-order valence-corrected chi connectivity index (χ1v) is 13.1. The third kappa shape index (κ3) is 4.49. The molecule has 1 aliphatic rings. The first kappa shape index (κ1) is 25.7. The van der Waals surface area contributed by atoms with Gasteiger partial charge in [-0.3, -0.25) is 4.79 Å². The van der Waals surface area contributed by atoms with E-state index >= 15 is 0 Å². The number of aromatic nitrogens is 4. The molecule has 3 aromatic heterocycles. The molecule has 8 nitrogen and oxygen atoms in total. The van der Waals surface area contributed by atoms with E-state index in [9.17, 15) is 9.59 Å². The van der Waals surface area contributed by atoms with E-state index in [1.807, 2.05) is 67.3 Å². The molecule has 1 aliphatic heterocycles. The molecule has 1 atom stereocenters. The summed E-state index contributed by atoms with van der Waals surface area (Å²) >= 11 is 6.83. The number of rotatable bonds is 5. The average molecular weight is 531 g/mol. The molecule has 0 radical (unpaired) electrons. The zero-order chi connectivity index (χ0) is 27.1. The first-order valence-electron chi connectivity index (χ1n) is 12.7. The summed E-state index contributed by atoms with van der Waals surface area (Å²) in [5, 5.41) is 1.16. The molecule has 1 saturated heterocycles. The van der Waals surface area contributed by atoms with Crippen molar-refractivity contribution in [3.63, 3.8) is 0 Å². The van der Waals surface area contributed by atoms with Crippen LogP contribution in [-0.2, 0) is 11.8 Å². The van der Waals surface area contributed by atoms with E-state index in [2.05, 4.69) is 30.3 Å². The molecule has 0 saturated carbocycles. The second kappa shape index (κ2) is 10.1. The van der Waals surface area contributed by atoms with Crippen molar-refractivity contribution in [3.05, 3.63) is 82.5 Å². The molecule has 1 fully saturated rings. The Morgan fingerprint density at radius 3 is 2.61 bits per heavy atom. The normalized spacial score (nSPS) is 15.9. The maximum atomic E-state index is 13.8. The van der Waals surface area contributed by atoms with Crippen molar-refractivity contribution in [1.29, 1.82) is 0 Å². The Labute approximate surface area is 226 Å². The lowest BCUT2D eigenvalue weighted by Crippen LogP contribution is -2.54. The summed E-state index contributed by atoms with van der Waals surface area (Å²) in [7, 11) is 1.94. The van der Waals surface area contributed by atoms with Gasteiger partial charge in [0.1, 0.15) is 5.82 Å². The van der Waals surface area contributed by atoms with Crippen molar-refractivity contribution in [3.8, 4) is 16.9 Å². The number of carbonyl (C=O) groups is 1. The molecule has 0 unspecified atom stereocenters. The van der Waals surface area contributed by atoms with Crippen LogP contribution in [0.15, 0.2) is 66.2 Å². The average Bonchev–Trinajstić information content (AvgIpc) is 3.33. The minimum absolute atomic E-state index is 0.0749. The number of pyridine rings is 1. The second-order valence-electron chi connectivity index (χ2n) is 10.1. The van der Waals surface area contributed by atoms with E-state index in [0.29, 0.717) is 47.2 Å². The number of amides is 1. The fraction of sp³-hybridized carbons (Fsp3) is 0.310. The van der Waals surface area contributed by atoms with Crippen LogP contribution in [0.5, 0.6) is 0 Å². The molecule has 38 heavy (non-hydrogen) atoms. The SMILES string of the molecule is C=CC(=O)N1CCN(c2nc(=O)n(-c3ccccc3C(C)C)c3nc(-c4ccn(C)c4)c(Cl)cc23)[C@@H](C)C1. The maximum absolute atomic E-state index is 13.8. The van der Waals surface area contributed by atoms with Gasteiger partial charge in [0.25, 0.3) is 0 Å². The van der Waals surface area contributed by atoms with E-state index < -0.39 is 5.69 Å². The molecule has 0 bridgehead atoms. The van der Waals surface area contributed by atoms with E-state index in [4.69, 9.17) is 16.6 Å². The van der Waals surface area contributed by atoms with E-state index in [-0.39, 0.29) is 17.9 Å². The van der Waals surface area contributed by atoms with Gasteiger partial charge in [-0.2, -0.15) is 4.98 Å². The Bertz CT molecular complexity index is 1600. The number of fused-ring (bicyclic) bond motifs is 1. The third-order valence-corrected chi connectivity index (χ3v) is 7.38. The zero-order valence-electron chi connectivity index (χ0n) is 22.1. The van der Waals surface area contributed by atoms with Crippen LogP contribution < -0.4 is 10.6 Å². The van der Waals surface area contributed by atoms with Crippen LogP contribution in [0.2, 0.25) is 5.02 Å². The molecule has 0 aliphatic carbocycles. The number of hydrogen-bond donors (Lipinski definition) is 0. The summed E-state index contributed by atoms with van der Waals surface area (Å²) < 4.78 is 3.53. The molecule has 0 N–H and O–H groups in total. The monoisotopic (exact) mass is 530 g/mol. The lowest BCUT2D eigenvalue weighted by atomic mass is 10.0. The summed E-state index contributed by atoms with van der Waals surface area (Å²) in [4.78, 5) is 39.5. The molecule has 4 heterocycles. The Kier molecular flexibility index (Phi) is 6.84. The standard InChI is InChI=1S/C29H31ClN6O2/c1-6-25(37)34-13-14-35(19(4)16-34)27-22-15-23(30)26(20-11-12-33(5)17-20)31-28(22)36(29(38)32-27)24-10-8-7-9-21(24)18(2)3/h6-12,15,17-19H,1,13-14,16H2,2-5H3/t19-/m0/s1. The molecule has 196 valence electrons. The van der Waals surface area contributed by atoms with Gasteiger partial charge < -0.3 is 14.4 Å². The fourth-order valence-corrected chi connectivity index (χ4v) is 5.43. The van der Waals surface area contributed by atoms with Gasteiger partial charge in [-0.05, 0) is 42.7 Å². The lowest BCUT2D eigenvalue weighted by molar-refractivity contribution is -0.126. The van der Waals surface area contributed by atoms with Crippen molar-refractivity contribution >= 4 is 34.4 Å². The number of aryl methyl sites for hydroxylation is 1. The van der Waals surface area contributed by atoms with Gasteiger partial charge in [-0.25, -0.2) is 14.3 Å². The van der Waals surface area contributed by atoms with E-state index in [0.717, 1.165) is 16.8 Å². The Balaban J connectivity index is 1.76. The number of halogens is 1. The van der Waals surface area contributed by atoms with Crippen LogP contribution in [0.3, 0.4) is 0 Å². The summed E-state index contributed by atoms with van der Waals surface area (Å²) in [6.07, 6.45) is 5.21. The van der Waals surface area contributed by atoms with Gasteiger partial charge >= 0.3 is 5.69 Å². The number of piperazine rings is 1. The molecule has 9 heteroatoms. The van der Waals surface area contributed by atoms with E-state index in [1.54, 1.807) is 9.47 Å². The lowest BCUT2D eigenvalue weighted by Gasteiger charge is -2.40. The van der Waals surface area contributed by atoms with Gasteiger partial charge in [0, 0.05) is 50.7 Å². The summed E-state index contributed by atoms with van der Waals surface area (Å²) in [5.41, 5.74) is 3.31. The predicted octanol–water partition coefficient (Wildman–Crippen LogP) is 4.79. The number of nitrogens with zero attached hydrogens (tertiary/aromatic N) is 6. The highest BCUT2D eigenvalue weighted by atomic mass is 35.5. The van der Waals surface area contributed by atoms with Gasteiger partial charge in [0.05, 0.1) is 21.8 Å². The molecule has 0 spiro atoms. The van der Waals surface area contributed by atoms with E-state index in [1.165, 1.54) is 6.08 Å². The van der Waals surface area contributed by atoms with Crippen LogP contribution in [0.1, 0.15) is 32.3 Å². The van der Waals surface area contributed by atoms with Gasteiger partial charge in [0.2, 0.25) is 5.91 Å². The number of hydrogen-bond acceptors (Lipinski definition) is 5. The van der Waals surface area contributed by atoms with Crippen LogP contribution in [-0.4, -0.2) is 55.6 Å². The van der Waals surface area contributed by atoms with Crippen molar-refractivity contribution in [2.45, 2.75) is 32.7 Å². The van der Waals surface area contributed by atoms with Gasteiger partial charge in [-0.1, -0.05) is 50.2 Å². The van der Waals surface area contributed by atoms with Crippen molar-refractivity contribution in [1.82, 2.24) is 24.0 Å². The van der Waals surface area contributed by atoms with Crippen molar-refractivity contribution < 1.29 is 4.79 Å². The fourth-order valence-electron chi connectivity index (χ4n) is 5.17. The summed E-state index contributed by atoms with van der Waals surface area (Å²) in [6, 6.07) is 11.6. The summed E-state index contributed by atoms with van der Waals surface area (Å²) in [5.74, 6) is 0.604. The van der Waals surface area contributed by atoms with Crippen LogP contribution in [0, 0.1) is 0 Å². The minimum Gasteiger partial charge on any atom is -0.357 e. The first-order chi connectivity index (χ1) is 18.2. The van der Waals surface area contributed by atoms with Crippen molar-refractivity contribution in [2.75, 3.05) is 24.5 Å². The molecular formula is C29H31ClN6O2. The second-order valence-corrected chi connectivity index (χ2v) is 10.5. The maximum Gasteiger partial charge on any atom is 0.355 e. The molecule has 1 amide bonds. The third-order valence-electron chi connectivity index (χ3n) is 7.09. The van der Waals surface area contributed by atoms with Crippen LogP contribution in [0.25, 0.3) is 28.0 Å².